The molecule has 0 aromatic heterocycles. The normalized spacial score (nSPS) is 11.3. The lowest BCUT2D eigenvalue weighted by Crippen LogP contribution is -2.18. The summed E-state index contributed by atoms with van der Waals surface area (Å²) in [6.07, 6.45) is 2.87. The quantitative estimate of drug-likeness (QED) is 0.330. The molecule has 9 heteroatoms. The fourth-order valence-electron chi connectivity index (χ4n) is 2.04. The zero-order valence-corrected chi connectivity index (χ0v) is 14.8. The van der Waals surface area contributed by atoms with Crippen LogP contribution >= 0.6 is 0 Å². The number of nitro groups is 1. The van der Waals surface area contributed by atoms with E-state index < -0.39 is 14.9 Å². The maximum Gasteiger partial charge on any atom is 0.276 e. The number of nitrogens with one attached hydrogen (secondary N) is 1. The van der Waals surface area contributed by atoms with Gasteiger partial charge in [0, 0.05) is 17.2 Å². The Morgan fingerprint density at radius 1 is 1.31 bits per heavy atom. The van der Waals surface area contributed by atoms with Crippen LogP contribution in [0.3, 0.4) is 0 Å². The summed E-state index contributed by atoms with van der Waals surface area (Å²) in [4.78, 5) is 12.1. The molecule has 0 saturated heterocycles. The predicted octanol–water partition coefficient (Wildman–Crippen LogP) is 2.78. The van der Waals surface area contributed by atoms with Crippen molar-refractivity contribution in [3.63, 3.8) is 0 Å². The summed E-state index contributed by atoms with van der Waals surface area (Å²) in [5.41, 5.74) is 0.651. The summed E-state index contributed by atoms with van der Waals surface area (Å²) in [7, 11) is -4.04. The third kappa shape index (κ3) is 4.67. The predicted molar refractivity (Wildman–Crippen MR) is 97.9 cm³/mol. The number of sulfonamides is 1. The van der Waals surface area contributed by atoms with Gasteiger partial charge in [0.1, 0.15) is 12.4 Å². The Morgan fingerprint density at radius 3 is 2.73 bits per heavy atom. The number of hydrazone groups is 1. The molecule has 0 heterocycles. The van der Waals surface area contributed by atoms with Gasteiger partial charge in [0.15, 0.2) is 0 Å². The summed E-state index contributed by atoms with van der Waals surface area (Å²) in [6, 6.07) is 10.6. The maximum absolute atomic E-state index is 12.3. The van der Waals surface area contributed by atoms with Gasteiger partial charge < -0.3 is 4.74 Å². The van der Waals surface area contributed by atoms with Crippen molar-refractivity contribution in [3.05, 3.63) is 76.4 Å². The molecule has 136 valence electrons. The Bertz CT molecular complexity index is 955. The fraction of sp³-hybridized carbons (Fsp3) is 0.118. The first-order valence-corrected chi connectivity index (χ1v) is 8.96. The lowest BCUT2D eigenvalue weighted by molar-refractivity contribution is -0.385. The highest BCUT2D eigenvalue weighted by atomic mass is 32.2. The topological polar surface area (TPSA) is 111 Å². The highest BCUT2D eigenvalue weighted by Gasteiger charge is 2.19. The van der Waals surface area contributed by atoms with Crippen LogP contribution in [0.25, 0.3) is 0 Å². The molecule has 0 bridgehead atoms. The first kappa shape index (κ1) is 19.1. The first-order chi connectivity index (χ1) is 12.3. The number of hydrogen-bond donors (Lipinski definition) is 1. The van der Waals surface area contributed by atoms with Gasteiger partial charge in [0.25, 0.3) is 15.7 Å². The summed E-state index contributed by atoms with van der Waals surface area (Å²) < 4.78 is 30.0. The Labute approximate surface area is 151 Å². The molecular weight excluding hydrogens is 358 g/mol. The van der Waals surface area contributed by atoms with Crippen LogP contribution in [0.4, 0.5) is 5.69 Å². The largest absolute Gasteiger partial charge is 0.489 e. The Hall–Kier alpha value is -3.20. The standard InChI is InChI=1S/C17H17N3O5S/c1-3-10-25-17-7-5-4-6-14(17)12-18-19-26(23,24)15-9-8-13(2)16(11-15)20(21)22/h3-9,11-12,19H,1,10H2,2H3/b18-12-. The highest BCUT2D eigenvalue weighted by Crippen LogP contribution is 2.22. The van der Waals surface area contributed by atoms with Gasteiger partial charge in [0.2, 0.25) is 0 Å². The van der Waals surface area contributed by atoms with Crippen LogP contribution in [0.15, 0.2) is 65.1 Å². The number of benzene rings is 2. The van der Waals surface area contributed by atoms with E-state index in [1.54, 1.807) is 30.3 Å². The third-order valence-electron chi connectivity index (χ3n) is 3.34. The number of hydrogen-bond acceptors (Lipinski definition) is 6. The van der Waals surface area contributed by atoms with Crippen molar-refractivity contribution in [2.24, 2.45) is 5.10 Å². The van der Waals surface area contributed by atoms with Crippen molar-refractivity contribution < 1.29 is 18.1 Å². The van der Waals surface area contributed by atoms with E-state index in [1.165, 1.54) is 25.3 Å². The van der Waals surface area contributed by atoms with Crippen LogP contribution in [0.2, 0.25) is 0 Å². The summed E-state index contributed by atoms with van der Waals surface area (Å²) in [5, 5.41) is 14.7. The molecule has 2 aromatic rings. The average molecular weight is 375 g/mol. The first-order valence-electron chi connectivity index (χ1n) is 7.48. The van der Waals surface area contributed by atoms with E-state index in [0.717, 1.165) is 6.07 Å². The Balaban J connectivity index is 2.21. The molecule has 0 aliphatic carbocycles. The molecule has 0 aliphatic heterocycles. The summed E-state index contributed by atoms with van der Waals surface area (Å²) >= 11 is 0. The molecule has 2 aromatic carbocycles. The molecule has 26 heavy (non-hydrogen) atoms. The zero-order chi connectivity index (χ0) is 19.2. The Morgan fingerprint density at radius 2 is 2.04 bits per heavy atom. The van der Waals surface area contributed by atoms with E-state index in [9.17, 15) is 18.5 Å². The fourth-order valence-corrected chi connectivity index (χ4v) is 2.85. The number of para-hydroxylation sites is 1. The number of aryl methyl sites for hydroxylation is 1. The van der Waals surface area contributed by atoms with Gasteiger partial charge in [-0.05, 0) is 25.1 Å². The average Bonchev–Trinajstić information content (AvgIpc) is 2.60. The number of nitrogens with zero attached hydrogens (tertiary/aromatic N) is 2. The molecule has 0 unspecified atom stereocenters. The van der Waals surface area contributed by atoms with Crippen molar-refractivity contribution >= 4 is 21.9 Å². The van der Waals surface area contributed by atoms with Gasteiger partial charge in [-0.3, -0.25) is 10.1 Å². The smallest absolute Gasteiger partial charge is 0.276 e. The van der Waals surface area contributed by atoms with Crippen molar-refractivity contribution in [1.82, 2.24) is 4.83 Å². The van der Waals surface area contributed by atoms with Crippen molar-refractivity contribution in [2.75, 3.05) is 6.61 Å². The summed E-state index contributed by atoms with van der Waals surface area (Å²) in [5.74, 6) is 0.515. The molecular formula is C17H17N3O5S. The second-order valence-corrected chi connectivity index (χ2v) is 6.86. The van der Waals surface area contributed by atoms with Crippen molar-refractivity contribution in [2.45, 2.75) is 11.8 Å². The molecule has 0 saturated carbocycles. The molecule has 1 N–H and O–H groups in total. The molecule has 2 rings (SSSR count). The number of rotatable bonds is 8. The van der Waals surface area contributed by atoms with E-state index in [0.29, 0.717) is 23.5 Å². The molecule has 0 spiro atoms. The number of nitro benzene ring substituents is 1. The van der Waals surface area contributed by atoms with Crippen LogP contribution < -0.4 is 9.57 Å². The lowest BCUT2D eigenvalue weighted by atomic mass is 10.2. The number of ether oxygens (including phenoxy) is 1. The van der Waals surface area contributed by atoms with E-state index in [-0.39, 0.29) is 10.6 Å². The van der Waals surface area contributed by atoms with Crippen LogP contribution in [0, 0.1) is 17.0 Å². The minimum atomic E-state index is -4.04. The van der Waals surface area contributed by atoms with Gasteiger partial charge in [0.05, 0.1) is 16.0 Å². The molecule has 8 nitrogen and oxygen atoms in total. The lowest BCUT2D eigenvalue weighted by Gasteiger charge is -2.07. The minimum Gasteiger partial charge on any atom is -0.489 e. The van der Waals surface area contributed by atoms with Crippen LogP contribution in [-0.4, -0.2) is 26.2 Å². The SMILES string of the molecule is C=CCOc1ccccc1/C=N\NS(=O)(=O)c1ccc(C)c([N+](=O)[O-])c1. The molecule has 0 radical (unpaired) electrons. The van der Waals surface area contributed by atoms with Gasteiger partial charge >= 0.3 is 0 Å². The molecule has 0 amide bonds. The van der Waals surface area contributed by atoms with Crippen molar-refractivity contribution in [1.29, 1.82) is 0 Å². The van der Waals surface area contributed by atoms with E-state index in [1.807, 2.05) is 4.83 Å². The van der Waals surface area contributed by atoms with Gasteiger partial charge in [-0.25, -0.2) is 4.83 Å². The van der Waals surface area contributed by atoms with Crippen molar-refractivity contribution in [3.8, 4) is 5.75 Å². The third-order valence-corrected chi connectivity index (χ3v) is 4.56. The molecule has 0 atom stereocenters. The monoisotopic (exact) mass is 375 g/mol. The van der Waals surface area contributed by atoms with E-state index >= 15 is 0 Å². The zero-order valence-electron chi connectivity index (χ0n) is 14.0. The highest BCUT2D eigenvalue weighted by molar-refractivity contribution is 7.89. The summed E-state index contributed by atoms with van der Waals surface area (Å²) in [6.45, 7) is 5.38. The van der Waals surface area contributed by atoms with Crippen LogP contribution in [-0.2, 0) is 10.0 Å². The van der Waals surface area contributed by atoms with Crippen LogP contribution in [0.1, 0.15) is 11.1 Å². The Kier molecular flexibility index (Phi) is 6.07. The van der Waals surface area contributed by atoms with Gasteiger partial charge in [-0.2, -0.15) is 13.5 Å². The maximum atomic E-state index is 12.3. The second-order valence-electron chi connectivity index (χ2n) is 5.20. The van der Waals surface area contributed by atoms with Gasteiger partial charge in [-0.15, -0.1) is 0 Å². The molecule has 0 fully saturated rings. The van der Waals surface area contributed by atoms with E-state index in [4.69, 9.17) is 4.74 Å². The minimum absolute atomic E-state index is 0.247. The van der Waals surface area contributed by atoms with Gasteiger partial charge in [-0.1, -0.05) is 30.9 Å². The molecule has 0 aliphatic rings. The second kappa shape index (κ2) is 8.26. The van der Waals surface area contributed by atoms with Crippen LogP contribution in [0.5, 0.6) is 5.75 Å². The van der Waals surface area contributed by atoms with E-state index in [2.05, 4.69) is 11.7 Å².